The third kappa shape index (κ3) is 3.70. The summed E-state index contributed by atoms with van der Waals surface area (Å²) >= 11 is 5.95. The van der Waals surface area contributed by atoms with Gasteiger partial charge in [0.2, 0.25) is 0 Å². The van der Waals surface area contributed by atoms with Crippen molar-refractivity contribution in [3.8, 4) is 11.8 Å². The van der Waals surface area contributed by atoms with E-state index < -0.39 is 17.7 Å². The van der Waals surface area contributed by atoms with Gasteiger partial charge in [-0.15, -0.1) is 0 Å². The van der Waals surface area contributed by atoms with Gasteiger partial charge in [0, 0.05) is 16.3 Å². The van der Waals surface area contributed by atoms with Crippen LogP contribution in [0.5, 0.6) is 5.75 Å². The molecule has 7 heteroatoms. The molecule has 4 rings (SSSR count). The summed E-state index contributed by atoms with van der Waals surface area (Å²) in [4.78, 5) is 27.5. The van der Waals surface area contributed by atoms with Crippen molar-refractivity contribution < 1.29 is 19.4 Å². The van der Waals surface area contributed by atoms with Gasteiger partial charge in [-0.1, -0.05) is 23.7 Å². The number of rotatable bonds is 4. The number of benzene rings is 3. The molecule has 0 radical (unpaired) electrons. The quantitative estimate of drug-likeness (QED) is 0.353. The Kier molecular flexibility index (Phi) is 5.67. The molecular weight excluding hydrogens is 428 g/mol. The summed E-state index contributed by atoms with van der Waals surface area (Å²) in [5, 5.41) is 20.6. The summed E-state index contributed by atoms with van der Waals surface area (Å²) in [6.07, 6.45) is 0. The molecule has 3 aromatic carbocycles. The average Bonchev–Trinajstić information content (AvgIpc) is 3.09. The maximum absolute atomic E-state index is 13.1. The SMILES string of the molecule is COc1ccc(C2/C(=C(\O)c3ccc(Cl)cc3)C(=O)C(=O)N2c2ccc(C#N)cc2)cc1. The number of Topliss-reactive ketones (excluding diaryl/α,β-unsaturated/α-hetero) is 1. The van der Waals surface area contributed by atoms with Crippen LogP contribution in [0.4, 0.5) is 5.69 Å². The van der Waals surface area contributed by atoms with Gasteiger partial charge in [-0.2, -0.15) is 5.26 Å². The van der Waals surface area contributed by atoms with Gasteiger partial charge in [0.05, 0.1) is 30.4 Å². The monoisotopic (exact) mass is 444 g/mol. The molecule has 1 heterocycles. The van der Waals surface area contributed by atoms with Crippen molar-refractivity contribution in [2.75, 3.05) is 12.0 Å². The van der Waals surface area contributed by atoms with Gasteiger partial charge in [-0.05, 0) is 66.2 Å². The van der Waals surface area contributed by atoms with Gasteiger partial charge >= 0.3 is 0 Å². The minimum absolute atomic E-state index is 0.0353. The Balaban J connectivity index is 1.91. The number of hydrogen-bond acceptors (Lipinski definition) is 5. The number of aliphatic hydroxyl groups excluding tert-OH is 1. The molecule has 0 spiro atoms. The molecule has 1 saturated heterocycles. The van der Waals surface area contributed by atoms with Crippen molar-refractivity contribution in [2.24, 2.45) is 0 Å². The maximum atomic E-state index is 13.1. The highest BCUT2D eigenvalue weighted by Gasteiger charge is 2.46. The molecule has 3 aromatic rings. The Morgan fingerprint density at radius 3 is 2.19 bits per heavy atom. The fraction of sp³-hybridized carbons (Fsp3) is 0.0800. The topological polar surface area (TPSA) is 90.6 Å². The predicted octanol–water partition coefficient (Wildman–Crippen LogP) is 4.85. The van der Waals surface area contributed by atoms with E-state index in [1.165, 1.54) is 4.90 Å². The lowest BCUT2D eigenvalue weighted by Crippen LogP contribution is -2.29. The normalized spacial score (nSPS) is 17.3. The van der Waals surface area contributed by atoms with Crippen molar-refractivity contribution in [2.45, 2.75) is 6.04 Å². The Morgan fingerprint density at radius 2 is 1.62 bits per heavy atom. The molecule has 0 saturated carbocycles. The zero-order valence-electron chi connectivity index (χ0n) is 16.9. The number of ether oxygens (including phenoxy) is 1. The summed E-state index contributed by atoms with van der Waals surface area (Å²) in [6, 6.07) is 20.8. The van der Waals surface area contributed by atoms with E-state index in [9.17, 15) is 14.7 Å². The maximum Gasteiger partial charge on any atom is 0.300 e. The van der Waals surface area contributed by atoms with Gasteiger partial charge in [-0.3, -0.25) is 14.5 Å². The molecule has 1 fully saturated rings. The molecule has 158 valence electrons. The Hall–Kier alpha value is -4.08. The van der Waals surface area contributed by atoms with Crippen LogP contribution in [0.25, 0.3) is 5.76 Å². The van der Waals surface area contributed by atoms with Gasteiger partial charge in [-0.25, -0.2) is 0 Å². The van der Waals surface area contributed by atoms with Crippen molar-refractivity contribution in [1.82, 2.24) is 0 Å². The minimum atomic E-state index is -0.871. The number of methoxy groups -OCH3 is 1. The number of ketones is 1. The highest BCUT2D eigenvalue weighted by molar-refractivity contribution is 6.51. The van der Waals surface area contributed by atoms with Crippen LogP contribution in [0.2, 0.25) is 5.02 Å². The number of halogens is 1. The van der Waals surface area contributed by atoms with Gasteiger partial charge < -0.3 is 9.84 Å². The second-order valence-electron chi connectivity index (χ2n) is 7.11. The lowest BCUT2D eigenvalue weighted by Gasteiger charge is -2.25. The van der Waals surface area contributed by atoms with E-state index in [0.717, 1.165) is 0 Å². The van der Waals surface area contributed by atoms with Crippen LogP contribution in [-0.4, -0.2) is 23.9 Å². The third-order valence-electron chi connectivity index (χ3n) is 5.27. The van der Waals surface area contributed by atoms with Gasteiger partial charge in [0.1, 0.15) is 11.5 Å². The molecule has 1 aliphatic rings. The first-order valence-electron chi connectivity index (χ1n) is 9.65. The van der Waals surface area contributed by atoms with E-state index in [1.807, 2.05) is 6.07 Å². The first-order chi connectivity index (χ1) is 15.4. The smallest absolute Gasteiger partial charge is 0.300 e. The molecule has 1 aliphatic heterocycles. The molecule has 32 heavy (non-hydrogen) atoms. The Labute approximate surface area is 189 Å². The summed E-state index contributed by atoms with van der Waals surface area (Å²) in [7, 11) is 1.54. The Bertz CT molecular complexity index is 1260. The second kappa shape index (κ2) is 8.58. The predicted molar refractivity (Wildman–Crippen MR) is 120 cm³/mol. The van der Waals surface area contributed by atoms with Crippen LogP contribution in [0.3, 0.4) is 0 Å². The number of carbonyl (C=O) groups excluding carboxylic acids is 2. The van der Waals surface area contributed by atoms with E-state index in [0.29, 0.717) is 33.1 Å². The molecule has 6 nitrogen and oxygen atoms in total. The summed E-state index contributed by atoms with van der Waals surface area (Å²) in [5.74, 6) is -1.26. The summed E-state index contributed by atoms with van der Waals surface area (Å²) in [5.41, 5.74) is 1.80. The molecule has 0 aromatic heterocycles. The van der Waals surface area contributed by atoms with Gasteiger partial charge in [0.25, 0.3) is 11.7 Å². The molecule has 1 N–H and O–H groups in total. The minimum Gasteiger partial charge on any atom is -0.507 e. The lowest BCUT2D eigenvalue weighted by atomic mass is 9.95. The number of anilines is 1. The van der Waals surface area contributed by atoms with Crippen molar-refractivity contribution in [3.05, 3.63) is 100 Å². The number of nitrogens with zero attached hydrogens (tertiary/aromatic N) is 2. The van der Waals surface area contributed by atoms with Crippen LogP contribution in [0.15, 0.2) is 78.4 Å². The molecular formula is C25H17ClN2O4. The van der Waals surface area contributed by atoms with E-state index in [1.54, 1.807) is 79.9 Å². The zero-order valence-corrected chi connectivity index (χ0v) is 17.7. The van der Waals surface area contributed by atoms with Crippen LogP contribution >= 0.6 is 11.6 Å². The van der Waals surface area contributed by atoms with E-state index in [-0.39, 0.29) is 11.3 Å². The molecule has 1 amide bonds. The second-order valence-corrected chi connectivity index (χ2v) is 7.54. The fourth-order valence-corrected chi connectivity index (χ4v) is 3.79. The van der Waals surface area contributed by atoms with E-state index in [2.05, 4.69) is 0 Å². The summed E-state index contributed by atoms with van der Waals surface area (Å²) in [6.45, 7) is 0. The zero-order chi connectivity index (χ0) is 22.8. The van der Waals surface area contributed by atoms with E-state index in [4.69, 9.17) is 21.6 Å². The average molecular weight is 445 g/mol. The highest BCUT2D eigenvalue weighted by Crippen LogP contribution is 2.42. The first-order valence-corrected chi connectivity index (χ1v) is 10.0. The number of carbonyl (C=O) groups is 2. The van der Waals surface area contributed by atoms with Crippen molar-refractivity contribution in [1.29, 1.82) is 5.26 Å². The number of amides is 1. The van der Waals surface area contributed by atoms with Crippen LogP contribution in [0.1, 0.15) is 22.7 Å². The molecule has 0 aliphatic carbocycles. The molecule has 0 bridgehead atoms. The van der Waals surface area contributed by atoms with Crippen molar-refractivity contribution in [3.63, 3.8) is 0 Å². The lowest BCUT2D eigenvalue weighted by molar-refractivity contribution is -0.132. The first kappa shape index (κ1) is 21.2. The number of aliphatic hydroxyl groups is 1. The summed E-state index contributed by atoms with van der Waals surface area (Å²) < 4.78 is 5.21. The van der Waals surface area contributed by atoms with Crippen LogP contribution in [0, 0.1) is 11.3 Å². The third-order valence-corrected chi connectivity index (χ3v) is 5.52. The standard InChI is InChI=1S/C25H17ClN2O4/c1-32-20-12-6-16(7-13-20)22-21(23(29)17-4-8-18(26)9-5-17)24(30)25(31)28(22)19-10-2-15(14-27)3-11-19/h2-13,22,29H,1H3/b23-21+. The van der Waals surface area contributed by atoms with Gasteiger partial charge in [0.15, 0.2) is 0 Å². The molecule has 1 unspecified atom stereocenters. The number of hydrogen-bond donors (Lipinski definition) is 1. The Morgan fingerprint density at radius 1 is 1.00 bits per heavy atom. The largest absolute Gasteiger partial charge is 0.507 e. The number of nitriles is 1. The van der Waals surface area contributed by atoms with E-state index >= 15 is 0 Å². The van der Waals surface area contributed by atoms with Crippen molar-refractivity contribution >= 4 is 34.7 Å². The van der Waals surface area contributed by atoms with Crippen LogP contribution < -0.4 is 9.64 Å². The molecule has 1 atom stereocenters. The van der Waals surface area contributed by atoms with Crippen LogP contribution in [-0.2, 0) is 9.59 Å². The fourth-order valence-electron chi connectivity index (χ4n) is 3.66. The highest BCUT2D eigenvalue weighted by atomic mass is 35.5.